The lowest BCUT2D eigenvalue weighted by Crippen LogP contribution is -2.50. The number of rotatable bonds is 6. The summed E-state index contributed by atoms with van der Waals surface area (Å²) in [6, 6.07) is 1.19. The average Bonchev–Trinajstić information content (AvgIpc) is 3.28. The predicted molar refractivity (Wildman–Crippen MR) is 118 cm³/mol. The SMILES string of the molecule is CC(C)S(=O)(=O)N1CCN(c2cnn(-c3cncc(F)c3)c(=O)c2OC2CCCC2)CC1. The van der Waals surface area contributed by atoms with Crippen LogP contribution in [0, 0.1) is 5.82 Å². The molecule has 9 nitrogen and oxygen atoms in total. The zero-order valence-corrected chi connectivity index (χ0v) is 19.1. The van der Waals surface area contributed by atoms with E-state index in [0.717, 1.165) is 36.6 Å². The van der Waals surface area contributed by atoms with Crippen LogP contribution in [0.2, 0.25) is 0 Å². The van der Waals surface area contributed by atoms with E-state index in [9.17, 15) is 17.6 Å². The first kappa shape index (κ1) is 22.7. The van der Waals surface area contributed by atoms with Gasteiger partial charge in [-0.05, 0) is 39.5 Å². The second-order valence-electron chi connectivity index (χ2n) is 8.44. The highest BCUT2D eigenvalue weighted by Gasteiger charge is 2.31. The van der Waals surface area contributed by atoms with Gasteiger partial charge < -0.3 is 9.64 Å². The lowest BCUT2D eigenvalue weighted by atomic mass is 10.2. The molecule has 0 atom stereocenters. The third kappa shape index (κ3) is 4.49. The molecule has 2 aliphatic rings. The van der Waals surface area contributed by atoms with E-state index in [4.69, 9.17) is 4.74 Å². The maximum Gasteiger partial charge on any atom is 0.316 e. The fraction of sp³-hybridized carbons (Fsp3) is 0.571. The van der Waals surface area contributed by atoms with Crippen molar-refractivity contribution in [2.75, 3.05) is 31.1 Å². The highest BCUT2D eigenvalue weighted by Crippen LogP contribution is 2.30. The Morgan fingerprint density at radius 1 is 1.09 bits per heavy atom. The van der Waals surface area contributed by atoms with E-state index in [1.165, 1.54) is 22.8 Å². The van der Waals surface area contributed by atoms with Crippen molar-refractivity contribution in [3.63, 3.8) is 0 Å². The molecular formula is C21H28FN5O4S. The number of nitrogens with zero attached hydrogens (tertiary/aromatic N) is 5. The molecule has 2 aromatic rings. The third-order valence-corrected chi connectivity index (χ3v) is 8.25. The zero-order chi connectivity index (χ0) is 22.9. The van der Waals surface area contributed by atoms with Gasteiger partial charge in [-0.25, -0.2) is 12.8 Å². The van der Waals surface area contributed by atoms with Crippen LogP contribution in [0.1, 0.15) is 39.5 Å². The average molecular weight is 466 g/mol. The molecule has 174 valence electrons. The molecule has 0 unspecified atom stereocenters. The third-order valence-electron chi connectivity index (χ3n) is 5.97. The minimum Gasteiger partial charge on any atom is -0.483 e. The van der Waals surface area contributed by atoms with Gasteiger partial charge in [0, 0.05) is 32.2 Å². The molecule has 4 rings (SSSR count). The number of anilines is 1. The van der Waals surface area contributed by atoms with Crippen LogP contribution in [0.25, 0.3) is 5.69 Å². The number of aromatic nitrogens is 3. The van der Waals surface area contributed by atoms with Crippen LogP contribution in [0.4, 0.5) is 10.1 Å². The van der Waals surface area contributed by atoms with E-state index in [1.807, 2.05) is 4.90 Å². The van der Waals surface area contributed by atoms with Crippen molar-refractivity contribution < 1.29 is 17.5 Å². The second-order valence-corrected chi connectivity index (χ2v) is 10.9. The highest BCUT2D eigenvalue weighted by molar-refractivity contribution is 7.89. The molecule has 1 aliphatic carbocycles. The van der Waals surface area contributed by atoms with Crippen molar-refractivity contribution in [3.05, 3.63) is 40.8 Å². The van der Waals surface area contributed by atoms with Gasteiger partial charge in [-0.3, -0.25) is 9.78 Å². The van der Waals surface area contributed by atoms with Gasteiger partial charge in [0.05, 0.1) is 35.6 Å². The maximum absolute atomic E-state index is 13.7. The molecule has 2 fully saturated rings. The summed E-state index contributed by atoms with van der Waals surface area (Å²) in [6.07, 6.45) is 7.70. The van der Waals surface area contributed by atoms with E-state index in [-0.39, 0.29) is 17.5 Å². The highest BCUT2D eigenvalue weighted by atomic mass is 32.2. The van der Waals surface area contributed by atoms with Crippen molar-refractivity contribution in [2.24, 2.45) is 0 Å². The van der Waals surface area contributed by atoms with E-state index >= 15 is 0 Å². The molecular weight excluding hydrogens is 437 g/mol. The summed E-state index contributed by atoms with van der Waals surface area (Å²) in [6.45, 7) is 4.81. The summed E-state index contributed by atoms with van der Waals surface area (Å²) in [5, 5.41) is 3.75. The summed E-state index contributed by atoms with van der Waals surface area (Å²) >= 11 is 0. The molecule has 0 spiro atoms. The Hall–Kier alpha value is -2.53. The summed E-state index contributed by atoms with van der Waals surface area (Å²) in [4.78, 5) is 19.1. The summed E-state index contributed by atoms with van der Waals surface area (Å²) in [7, 11) is -3.34. The van der Waals surface area contributed by atoms with Gasteiger partial charge >= 0.3 is 5.56 Å². The van der Waals surface area contributed by atoms with E-state index in [2.05, 4.69) is 10.1 Å². The minimum absolute atomic E-state index is 0.0643. The maximum atomic E-state index is 13.7. The Balaban J connectivity index is 1.66. The molecule has 1 saturated carbocycles. The monoisotopic (exact) mass is 465 g/mol. The number of hydrogen-bond acceptors (Lipinski definition) is 7. The Morgan fingerprint density at radius 3 is 2.41 bits per heavy atom. The zero-order valence-electron chi connectivity index (χ0n) is 18.3. The van der Waals surface area contributed by atoms with Crippen molar-refractivity contribution in [1.29, 1.82) is 0 Å². The van der Waals surface area contributed by atoms with Gasteiger partial charge in [0.25, 0.3) is 0 Å². The van der Waals surface area contributed by atoms with Crippen molar-refractivity contribution in [3.8, 4) is 11.4 Å². The molecule has 32 heavy (non-hydrogen) atoms. The second kappa shape index (κ2) is 9.14. The van der Waals surface area contributed by atoms with Gasteiger partial charge in [-0.15, -0.1) is 0 Å². The molecule has 11 heteroatoms. The van der Waals surface area contributed by atoms with Crippen molar-refractivity contribution in [1.82, 2.24) is 19.1 Å². The van der Waals surface area contributed by atoms with E-state index in [1.54, 1.807) is 13.8 Å². The number of hydrogen-bond donors (Lipinski definition) is 0. The fourth-order valence-corrected chi connectivity index (χ4v) is 5.39. The Labute approximate surface area is 186 Å². The first-order chi connectivity index (χ1) is 15.3. The van der Waals surface area contributed by atoms with Crippen LogP contribution < -0.4 is 15.2 Å². The van der Waals surface area contributed by atoms with Gasteiger partial charge in [0.15, 0.2) is 0 Å². The summed E-state index contributed by atoms with van der Waals surface area (Å²) in [5.74, 6) is -0.405. The van der Waals surface area contributed by atoms with Crippen LogP contribution in [-0.4, -0.2) is 65.0 Å². The van der Waals surface area contributed by atoms with Crippen molar-refractivity contribution >= 4 is 15.7 Å². The first-order valence-corrected chi connectivity index (χ1v) is 12.4. The number of piperazine rings is 1. The molecule has 0 N–H and O–H groups in total. The van der Waals surface area contributed by atoms with Crippen LogP contribution in [0.5, 0.6) is 5.75 Å². The summed E-state index contributed by atoms with van der Waals surface area (Å²) < 4.78 is 47.4. The summed E-state index contributed by atoms with van der Waals surface area (Å²) in [5.41, 5.74) is 0.258. The van der Waals surface area contributed by atoms with Crippen LogP contribution in [-0.2, 0) is 10.0 Å². The number of ether oxygens (including phenoxy) is 1. The fourth-order valence-electron chi connectivity index (χ4n) is 4.12. The molecule has 1 saturated heterocycles. The lowest BCUT2D eigenvalue weighted by molar-refractivity contribution is 0.205. The Kier molecular flexibility index (Phi) is 6.47. The van der Waals surface area contributed by atoms with Gasteiger partial charge in [0.2, 0.25) is 15.8 Å². The molecule has 0 bridgehead atoms. The molecule has 0 aromatic carbocycles. The largest absolute Gasteiger partial charge is 0.483 e. The van der Waals surface area contributed by atoms with E-state index < -0.39 is 26.6 Å². The van der Waals surface area contributed by atoms with Gasteiger partial charge in [0.1, 0.15) is 11.5 Å². The minimum atomic E-state index is -3.34. The topological polar surface area (TPSA) is 97.6 Å². The molecule has 0 radical (unpaired) electrons. The van der Waals surface area contributed by atoms with Crippen LogP contribution in [0.3, 0.4) is 0 Å². The standard InChI is InChI=1S/C21H28FN5O4S/c1-15(2)32(29,30)26-9-7-25(8-10-26)19-14-24-27(17-11-16(22)12-23-13-17)21(28)20(19)31-18-5-3-4-6-18/h11-15,18H,3-10H2,1-2H3. The Morgan fingerprint density at radius 2 is 1.78 bits per heavy atom. The van der Waals surface area contributed by atoms with Crippen molar-refractivity contribution in [2.45, 2.75) is 50.9 Å². The van der Waals surface area contributed by atoms with Gasteiger partial charge in [-0.1, -0.05) is 0 Å². The molecule has 1 aliphatic heterocycles. The lowest BCUT2D eigenvalue weighted by Gasteiger charge is -2.36. The Bertz CT molecular complexity index is 1120. The number of halogens is 1. The predicted octanol–water partition coefficient (Wildman–Crippen LogP) is 1.95. The molecule has 2 aromatic heterocycles. The number of sulfonamides is 1. The normalized spacial score (nSPS) is 18.4. The smallest absolute Gasteiger partial charge is 0.316 e. The van der Waals surface area contributed by atoms with Crippen LogP contribution in [0.15, 0.2) is 29.5 Å². The van der Waals surface area contributed by atoms with Gasteiger partial charge in [-0.2, -0.15) is 14.1 Å². The molecule has 0 amide bonds. The number of pyridine rings is 1. The van der Waals surface area contributed by atoms with Crippen LogP contribution >= 0.6 is 0 Å². The van der Waals surface area contributed by atoms with E-state index in [0.29, 0.717) is 31.9 Å². The molecule has 3 heterocycles. The quantitative estimate of drug-likeness (QED) is 0.643. The first-order valence-electron chi connectivity index (χ1n) is 10.9.